The van der Waals surface area contributed by atoms with E-state index in [-0.39, 0.29) is 0 Å². The number of nitrogens with zero attached hydrogens (tertiary/aromatic N) is 2. The zero-order valence-corrected chi connectivity index (χ0v) is 10.9. The molecular formula is C14H15ClN2. The van der Waals surface area contributed by atoms with E-state index in [2.05, 4.69) is 35.9 Å². The van der Waals surface area contributed by atoms with Gasteiger partial charge in [-0.2, -0.15) is 0 Å². The van der Waals surface area contributed by atoms with Gasteiger partial charge in [-0.1, -0.05) is 24.1 Å². The summed E-state index contributed by atoms with van der Waals surface area (Å²) in [7, 11) is 0. The Labute approximate surface area is 106 Å². The van der Waals surface area contributed by atoms with Crippen LogP contribution in [0, 0.1) is 13.8 Å². The number of rotatable bonds is 1. The lowest BCUT2D eigenvalue weighted by molar-refractivity contribution is 0.402. The lowest BCUT2D eigenvalue weighted by Crippen LogP contribution is -2.13. The average molecular weight is 247 g/mol. The zero-order chi connectivity index (χ0) is 12.0. The molecule has 1 saturated carbocycles. The quantitative estimate of drug-likeness (QED) is 0.706. The molecule has 2 nitrogen and oxygen atoms in total. The van der Waals surface area contributed by atoms with Gasteiger partial charge in [0.25, 0.3) is 0 Å². The van der Waals surface area contributed by atoms with Crippen LogP contribution in [0.5, 0.6) is 0 Å². The van der Waals surface area contributed by atoms with Crippen molar-refractivity contribution in [3.8, 4) is 0 Å². The Balaban J connectivity index is 2.24. The van der Waals surface area contributed by atoms with E-state index in [0.717, 1.165) is 22.3 Å². The molecular weight excluding hydrogens is 232 g/mol. The number of hydrogen-bond acceptors (Lipinski definition) is 2. The molecule has 0 amide bonds. The third-order valence-corrected chi connectivity index (χ3v) is 3.86. The molecule has 1 aromatic carbocycles. The highest BCUT2D eigenvalue weighted by atomic mass is 35.5. The van der Waals surface area contributed by atoms with Crippen LogP contribution in [-0.4, -0.2) is 9.97 Å². The van der Waals surface area contributed by atoms with E-state index in [1.54, 1.807) is 0 Å². The predicted molar refractivity (Wildman–Crippen MR) is 70.6 cm³/mol. The summed E-state index contributed by atoms with van der Waals surface area (Å²) in [6.07, 6.45) is 3.69. The second-order valence-electron chi connectivity index (χ2n) is 4.98. The van der Waals surface area contributed by atoms with Gasteiger partial charge >= 0.3 is 0 Å². The summed E-state index contributed by atoms with van der Waals surface area (Å²) < 4.78 is 0. The average Bonchev–Trinajstić information content (AvgIpc) is 2.11. The van der Waals surface area contributed by atoms with Crippen LogP contribution in [0.25, 0.3) is 10.9 Å². The third kappa shape index (κ3) is 1.81. The molecule has 0 atom stereocenters. The monoisotopic (exact) mass is 246 g/mol. The second-order valence-corrected chi connectivity index (χ2v) is 5.33. The fraction of sp³-hybridized carbons (Fsp3) is 0.429. The normalized spacial score (nSPS) is 16.2. The SMILES string of the molecule is Cc1cc(C)c2c(Cl)nc(C3CCC3)nc2c1. The molecule has 0 saturated heterocycles. The fourth-order valence-electron chi connectivity index (χ4n) is 2.46. The molecule has 1 aromatic heterocycles. The molecule has 1 aliphatic carbocycles. The van der Waals surface area contributed by atoms with E-state index in [4.69, 9.17) is 11.6 Å². The van der Waals surface area contributed by atoms with Crippen molar-refractivity contribution in [3.05, 3.63) is 34.2 Å². The highest BCUT2D eigenvalue weighted by Crippen LogP contribution is 2.36. The minimum atomic E-state index is 0.526. The first-order valence-electron chi connectivity index (χ1n) is 6.09. The number of hydrogen-bond donors (Lipinski definition) is 0. The Hall–Kier alpha value is -1.15. The van der Waals surface area contributed by atoms with Crippen LogP contribution in [0.15, 0.2) is 12.1 Å². The van der Waals surface area contributed by atoms with Crippen LogP contribution in [-0.2, 0) is 0 Å². The summed E-state index contributed by atoms with van der Waals surface area (Å²) in [6, 6.07) is 4.22. The highest BCUT2D eigenvalue weighted by Gasteiger charge is 2.23. The number of aromatic nitrogens is 2. The Kier molecular flexibility index (Phi) is 2.55. The van der Waals surface area contributed by atoms with Crippen LogP contribution in [0.1, 0.15) is 42.1 Å². The molecule has 2 aromatic rings. The van der Waals surface area contributed by atoms with Gasteiger partial charge in [-0.25, -0.2) is 9.97 Å². The van der Waals surface area contributed by atoms with E-state index in [1.165, 1.54) is 24.8 Å². The van der Waals surface area contributed by atoms with Crippen molar-refractivity contribution in [1.29, 1.82) is 0 Å². The van der Waals surface area contributed by atoms with Crippen molar-refractivity contribution in [2.75, 3.05) is 0 Å². The van der Waals surface area contributed by atoms with E-state index in [0.29, 0.717) is 11.1 Å². The summed E-state index contributed by atoms with van der Waals surface area (Å²) in [6.45, 7) is 4.15. The van der Waals surface area contributed by atoms with Gasteiger partial charge < -0.3 is 0 Å². The van der Waals surface area contributed by atoms with Crippen molar-refractivity contribution in [2.24, 2.45) is 0 Å². The van der Waals surface area contributed by atoms with Gasteiger partial charge in [0, 0.05) is 11.3 Å². The van der Waals surface area contributed by atoms with Crippen LogP contribution in [0.2, 0.25) is 5.15 Å². The lowest BCUT2D eigenvalue weighted by Gasteiger charge is -2.24. The minimum absolute atomic E-state index is 0.526. The Morgan fingerprint density at radius 2 is 1.94 bits per heavy atom. The molecule has 88 valence electrons. The standard InChI is InChI=1S/C14H15ClN2/c1-8-6-9(2)12-11(7-8)16-14(17-13(12)15)10-4-3-5-10/h6-7,10H,3-5H2,1-2H3. The van der Waals surface area contributed by atoms with E-state index in [1.807, 2.05) is 0 Å². The molecule has 3 heteroatoms. The maximum Gasteiger partial charge on any atom is 0.140 e. The largest absolute Gasteiger partial charge is 0.232 e. The topological polar surface area (TPSA) is 25.8 Å². The van der Waals surface area contributed by atoms with Gasteiger partial charge in [0.1, 0.15) is 11.0 Å². The number of halogens is 1. The zero-order valence-electron chi connectivity index (χ0n) is 10.1. The molecule has 0 unspecified atom stereocenters. The molecule has 1 aliphatic rings. The Morgan fingerprint density at radius 1 is 1.18 bits per heavy atom. The van der Waals surface area contributed by atoms with Gasteiger partial charge in [0.15, 0.2) is 0 Å². The van der Waals surface area contributed by atoms with E-state index >= 15 is 0 Å². The van der Waals surface area contributed by atoms with E-state index in [9.17, 15) is 0 Å². The van der Waals surface area contributed by atoms with Crippen molar-refractivity contribution in [2.45, 2.75) is 39.0 Å². The molecule has 0 aliphatic heterocycles. The second kappa shape index (κ2) is 3.95. The Bertz CT molecular complexity index is 588. The van der Waals surface area contributed by atoms with Gasteiger partial charge in [-0.15, -0.1) is 0 Å². The van der Waals surface area contributed by atoms with Crippen molar-refractivity contribution >= 4 is 22.5 Å². The van der Waals surface area contributed by atoms with Crippen LogP contribution in [0.3, 0.4) is 0 Å². The fourth-order valence-corrected chi connectivity index (χ4v) is 2.79. The smallest absolute Gasteiger partial charge is 0.140 e. The summed E-state index contributed by atoms with van der Waals surface area (Å²) in [4.78, 5) is 9.15. The third-order valence-electron chi connectivity index (χ3n) is 3.58. The Morgan fingerprint density at radius 3 is 2.59 bits per heavy atom. The summed E-state index contributed by atoms with van der Waals surface area (Å²) in [5.74, 6) is 1.46. The van der Waals surface area contributed by atoms with Gasteiger partial charge in [-0.3, -0.25) is 0 Å². The number of benzene rings is 1. The molecule has 3 rings (SSSR count). The van der Waals surface area contributed by atoms with Crippen molar-refractivity contribution < 1.29 is 0 Å². The maximum atomic E-state index is 6.29. The first kappa shape index (κ1) is 11.0. The van der Waals surface area contributed by atoms with Crippen molar-refractivity contribution in [1.82, 2.24) is 9.97 Å². The molecule has 0 N–H and O–H groups in total. The minimum Gasteiger partial charge on any atom is -0.232 e. The summed E-state index contributed by atoms with van der Waals surface area (Å²) in [5, 5.41) is 1.61. The number of aryl methyl sites for hydroxylation is 2. The predicted octanol–water partition coefficient (Wildman–Crippen LogP) is 4.17. The molecule has 1 fully saturated rings. The molecule has 1 heterocycles. The maximum absolute atomic E-state index is 6.29. The van der Waals surface area contributed by atoms with Gasteiger partial charge in [-0.05, 0) is 43.9 Å². The highest BCUT2D eigenvalue weighted by molar-refractivity contribution is 6.34. The number of fused-ring (bicyclic) bond motifs is 1. The van der Waals surface area contributed by atoms with Crippen molar-refractivity contribution in [3.63, 3.8) is 0 Å². The summed E-state index contributed by atoms with van der Waals surface area (Å²) in [5.41, 5.74) is 3.37. The lowest BCUT2D eigenvalue weighted by atomic mass is 9.85. The van der Waals surface area contributed by atoms with E-state index < -0.39 is 0 Å². The summed E-state index contributed by atoms with van der Waals surface area (Å²) >= 11 is 6.29. The first-order chi connectivity index (χ1) is 8.15. The molecule has 0 bridgehead atoms. The van der Waals surface area contributed by atoms with Crippen LogP contribution < -0.4 is 0 Å². The molecule has 0 spiro atoms. The van der Waals surface area contributed by atoms with Gasteiger partial charge in [0.2, 0.25) is 0 Å². The first-order valence-corrected chi connectivity index (χ1v) is 6.47. The van der Waals surface area contributed by atoms with Gasteiger partial charge in [0.05, 0.1) is 5.52 Å². The molecule has 17 heavy (non-hydrogen) atoms. The molecule has 0 radical (unpaired) electrons. The van der Waals surface area contributed by atoms with Crippen LogP contribution in [0.4, 0.5) is 0 Å². The van der Waals surface area contributed by atoms with Crippen LogP contribution >= 0.6 is 11.6 Å².